The molecule has 0 saturated heterocycles. The second-order valence-electron chi connectivity index (χ2n) is 7.35. The van der Waals surface area contributed by atoms with E-state index in [2.05, 4.69) is 6.92 Å². The number of rotatable bonds is 20. The largest absolute Gasteiger partial charge is 0.356 e. The minimum Gasteiger partial charge on any atom is -0.356 e. The molecule has 0 amide bonds. The monoisotopic (exact) mass is 342 g/mol. The van der Waals surface area contributed by atoms with Crippen LogP contribution in [0.4, 0.5) is 0 Å². The minimum absolute atomic E-state index is 0.00124. The molecule has 0 aromatic carbocycles. The quantitative estimate of drug-likeness (QED) is 0.167. The van der Waals surface area contributed by atoms with Crippen LogP contribution in [0.5, 0.6) is 0 Å². The van der Waals surface area contributed by atoms with Gasteiger partial charge in [0.1, 0.15) is 0 Å². The highest BCUT2D eigenvalue weighted by molar-refractivity contribution is 4.51. The SMILES string of the molecule is CCCCCCCCCCCCCCCCCCCC(OC)OC. The van der Waals surface area contributed by atoms with Crippen molar-refractivity contribution in [3.63, 3.8) is 0 Å². The van der Waals surface area contributed by atoms with Crippen molar-refractivity contribution in [3.05, 3.63) is 0 Å². The van der Waals surface area contributed by atoms with Crippen molar-refractivity contribution in [1.29, 1.82) is 0 Å². The van der Waals surface area contributed by atoms with Crippen molar-refractivity contribution in [2.75, 3.05) is 14.2 Å². The molecule has 0 atom stereocenters. The first kappa shape index (κ1) is 23.9. The van der Waals surface area contributed by atoms with Crippen LogP contribution in [-0.2, 0) is 9.47 Å². The van der Waals surface area contributed by atoms with Gasteiger partial charge in [-0.05, 0) is 12.8 Å². The zero-order chi connectivity index (χ0) is 17.7. The highest BCUT2D eigenvalue weighted by Gasteiger charge is 2.03. The lowest BCUT2D eigenvalue weighted by Crippen LogP contribution is -2.12. The zero-order valence-electron chi connectivity index (χ0n) is 17.1. The maximum atomic E-state index is 5.21. The summed E-state index contributed by atoms with van der Waals surface area (Å²) in [5.41, 5.74) is 0. The molecule has 24 heavy (non-hydrogen) atoms. The van der Waals surface area contributed by atoms with Crippen molar-refractivity contribution in [2.45, 2.75) is 129 Å². The van der Waals surface area contributed by atoms with Gasteiger partial charge in [0.15, 0.2) is 6.29 Å². The van der Waals surface area contributed by atoms with Gasteiger partial charge in [-0.2, -0.15) is 0 Å². The predicted molar refractivity (Wildman–Crippen MR) is 107 cm³/mol. The summed E-state index contributed by atoms with van der Waals surface area (Å²) in [7, 11) is 3.45. The first-order chi connectivity index (χ1) is 11.8. The maximum absolute atomic E-state index is 5.21. The third-order valence-corrected chi connectivity index (χ3v) is 5.07. The van der Waals surface area contributed by atoms with Crippen molar-refractivity contribution < 1.29 is 9.47 Å². The lowest BCUT2D eigenvalue weighted by molar-refractivity contribution is -0.107. The number of unbranched alkanes of at least 4 members (excludes halogenated alkanes) is 16. The molecule has 2 nitrogen and oxygen atoms in total. The van der Waals surface area contributed by atoms with Crippen molar-refractivity contribution >= 4 is 0 Å². The van der Waals surface area contributed by atoms with Crippen molar-refractivity contribution in [1.82, 2.24) is 0 Å². The van der Waals surface area contributed by atoms with Gasteiger partial charge < -0.3 is 9.47 Å². The fourth-order valence-electron chi connectivity index (χ4n) is 3.37. The summed E-state index contributed by atoms with van der Waals surface area (Å²) in [6.45, 7) is 2.29. The topological polar surface area (TPSA) is 18.5 Å². The van der Waals surface area contributed by atoms with E-state index in [0.29, 0.717) is 0 Å². The fourth-order valence-corrected chi connectivity index (χ4v) is 3.37. The molecule has 0 aliphatic carbocycles. The molecule has 0 aliphatic heterocycles. The van der Waals surface area contributed by atoms with Crippen molar-refractivity contribution in [2.24, 2.45) is 0 Å². The molecule has 0 heterocycles. The van der Waals surface area contributed by atoms with E-state index < -0.39 is 0 Å². The molecule has 0 spiro atoms. The zero-order valence-corrected chi connectivity index (χ0v) is 17.1. The van der Waals surface area contributed by atoms with E-state index in [1.54, 1.807) is 14.2 Å². The van der Waals surface area contributed by atoms with Gasteiger partial charge in [-0.25, -0.2) is 0 Å². The van der Waals surface area contributed by atoms with Gasteiger partial charge in [-0.3, -0.25) is 0 Å². The summed E-state index contributed by atoms with van der Waals surface area (Å²) in [6.07, 6.45) is 25.2. The van der Waals surface area contributed by atoms with Crippen LogP contribution in [0.25, 0.3) is 0 Å². The summed E-state index contributed by atoms with van der Waals surface area (Å²) >= 11 is 0. The van der Waals surface area contributed by atoms with Crippen LogP contribution in [-0.4, -0.2) is 20.5 Å². The minimum atomic E-state index is 0.00124. The summed E-state index contributed by atoms with van der Waals surface area (Å²) in [5.74, 6) is 0. The molecule has 0 aromatic heterocycles. The van der Waals surface area contributed by atoms with Gasteiger partial charge >= 0.3 is 0 Å². The Morgan fingerprint density at radius 2 is 0.750 bits per heavy atom. The van der Waals surface area contributed by atoms with Gasteiger partial charge in [-0.1, -0.05) is 110 Å². The molecule has 0 fully saturated rings. The van der Waals surface area contributed by atoms with Gasteiger partial charge in [0.2, 0.25) is 0 Å². The Bertz CT molecular complexity index is 214. The van der Waals surface area contributed by atoms with Crippen LogP contribution < -0.4 is 0 Å². The molecular formula is C22H46O2. The summed E-state index contributed by atoms with van der Waals surface area (Å²) in [4.78, 5) is 0. The van der Waals surface area contributed by atoms with Crippen molar-refractivity contribution in [3.8, 4) is 0 Å². The molecule has 0 aliphatic rings. The highest BCUT2D eigenvalue weighted by Crippen LogP contribution is 2.14. The smallest absolute Gasteiger partial charge is 0.156 e. The molecular weight excluding hydrogens is 296 g/mol. The van der Waals surface area contributed by atoms with E-state index in [1.807, 2.05) is 0 Å². The first-order valence-electron chi connectivity index (χ1n) is 10.9. The molecule has 0 aromatic rings. The number of methoxy groups -OCH3 is 2. The van der Waals surface area contributed by atoms with Gasteiger partial charge in [0.05, 0.1) is 0 Å². The van der Waals surface area contributed by atoms with E-state index in [0.717, 1.165) is 6.42 Å². The van der Waals surface area contributed by atoms with E-state index in [9.17, 15) is 0 Å². The predicted octanol–water partition coefficient (Wildman–Crippen LogP) is 7.65. The normalized spacial score (nSPS) is 11.5. The van der Waals surface area contributed by atoms with E-state index in [4.69, 9.17) is 9.47 Å². The Kier molecular flexibility index (Phi) is 20.9. The van der Waals surface area contributed by atoms with Crippen LogP contribution in [0.1, 0.15) is 122 Å². The number of hydrogen-bond donors (Lipinski definition) is 0. The van der Waals surface area contributed by atoms with Crippen LogP contribution >= 0.6 is 0 Å². The fraction of sp³-hybridized carbons (Fsp3) is 1.00. The number of hydrogen-bond acceptors (Lipinski definition) is 2. The van der Waals surface area contributed by atoms with Crippen LogP contribution in [0, 0.1) is 0 Å². The molecule has 0 bridgehead atoms. The molecule has 0 saturated carbocycles. The number of ether oxygens (including phenoxy) is 2. The first-order valence-corrected chi connectivity index (χ1v) is 10.9. The molecule has 0 unspecified atom stereocenters. The summed E-state index contributed by atoms with van der Waals surface area (Å²) in [5, 5.41) is 0. The summed E-state index contributed by atoms with van der Waals surface area (Å²) in [6, 6.07) is 0. The summed E-state index contributed by atoms with van der Waals surface area (Å²) < 4.78 is 10.4. The van der Waals surface area contributed by atoms with E-state index in [1.165, 1.54) is 109 Å². The Hall–Kier alpha value is -0.0800. The average Bonchev–Trinajstić information content (AvgIpc) is 2.61. The van der Waals surface area contributed by atoms with E-state index >= 15 is 0 Å². The Balaban J connectivity index is 3.03. The molecule has 0 N–H and O–H groups in total. The molecule has 0 rings (SSSR count). The van der Waals surface area contributed by atoms with Crippen LogP contribution in [0.3, 0.4) is 0 Å². The van der Waals surface area contributed by atoms with E-state index in [-0.39, 0.29) is 6.29 Å². The second-order valence-corrected chi connectivity index (χ2v) is 7.35. The lowest BCUT2D eigenvalue weighted by atomic mass is 10.0. The molecule has 146 valence electrons. The van der Waals surface area contributed by atoms with Gasteiger partial charge in [0.25, 0.3) is 0 Å². The standard InChI is InChI=1S/C22H46O2/c1-4-5-6-7-8-9-10-11-12-13-14-15-16-17-18-19-20-21-22(23-2)24-3/h22H,4-21H2,1-3H3. The lowest BCUT2D eigenvalue weighted by Gasteiger charge is -2.12. The molecule has 2 heteroatoms. The average molecular weight is 343 g/mol. The Morgan fingerprint density at radius 3 is 1.04 bits per heavy atom. The maximum Gasteiger partial charge on any atom is 0.156 e. The van der Waals surface area contributed by atoms with Gasteiger partial charge in [-0.15, -0.1) is 0 Å². The van der Waals surface area contributed by atoms with Crippen LogP contribution in [0.15, 0.2) is 0 Å². The highest BCUT2D eigenvalue weighted by atomic mass is 16.7. The second kappa shape index (κ2) is 21.0. The van der Waals surface area contributed by atoms with Crippen LogP contribution in [0.2, 0.25) is 0 Å². The Labute approximate surface area is 153 Å². The molecule has 0 radical (unpaired) electrons. The third kappa shape index (κ3) is 18.3. The van der Waals surface area contributed by atoms with Gasteiger partial charge in [0, 0.05) is 14.2 Å². The Morgan fingerprint density at radius 1 is 0.458 bits per heavy atom. The third-order valence-electron chi connectivity index (χ3n) is 5.07.